The summed E-state index contributed by atoms with van der Waals surface area (Å²) in [5.41, 5.74) is 4.95. The molecule has 0 saturated heterocycles. The van der Waals surface area contributed by atoms with E-state index in [1.165, 1.54) is 69.7 Å². The van der Waals surface area contributed by atoms with Crippen molar-refractivity contribution in [2.24, 2.45) is 0 Å². The molecule has 9 aromatic rings. The van der Waals surface area contributed by atoms with Gasteiger partial charge in [-0.25, -0.2) is 31.5 Å². The molecule has 4 aromatic carbocycles. The van der Waals surface area contributed by atoms with E-state index in [2.05, 4.69) is 25.7 Å². The zero-order valence-corrected chi connectivity index (χ0v) is 38.3. The van der Waals surface area contributed by atoms with Crippen LogP contribution in [0.1, 0.15) is 49.1 Å². The molecule has 2 N–H and O–H groups in total. The smallest absolute Gasteiger partial charge is 0.253 e. The van der Waals surface area contributed by atoms with E-state index in [0.29, 0.717) is 16.8 Å². The number of nitrogens with zero attached hydrogens (tertiary/aromatic N) is 6. The number of pyridine rings is 2. The second-order valence-corrected chi connectivity index (χ2v) is 18.9. The number of imidazole rings is 2. The van der Waals surface area contributed by atoms with Crippen molar-refractivity contribution in [2.45, 2.75) is 39.6 Å². The second-order valence-electron chi connectivity index (χ2n) is 15.1. The number of amides is 2. The van der Waals surface area contributed by atoms with Crippen molar-refractivity contribution in [3.8, 4) is 17.2 Å². The van der Waals surface area contributed by atoms with Gasteiger partial charge in [0.25, 0.3) is 11.8 Å². The van der Waals surface area contributed by atoms with Gasteiger partial charge in [-0.05, 0) is 103 Å². The molecule has 344 valence electrons. The molecule has 19 heteroatoms. The lowest BCUT2D eigenvalue weighted by atomic mass is 10.1. The van der Waals surface area contributed by atoms with E-state index in [0.717, 1.165) is 22.4 Å². The van der Waals surface area contributed by atoms with Gasteiger partial charge >= 0.3 is 0 Å². The van der Waals surface area contributed by atoms with Crippen LogP contribution in [0.2, 0.25) is 0 Å². The topological polar surface area (TPSA) is 214 Å². The fourth-order valence-corrected chi connectivity index (χ4v) is 9.90. The number of methoxy groups -OCH3 is 2. The number of nitrogens with one attached hydrogen (secondary N) is 2. The fraction of sp³-hybridized carbons (Fsp3) is 0.102. The Morgan fingerprint density at radius 3 is 1.56 bits per heavy atom. The normalized spacial score (nSPS) is 11.4. The maximum Gasteiger partial charge on any atom is 0.253 e. The summed E-state index contributed by atoms with van der Waals surface area (Å²) in [5, 5.41) is 9.83. The SMILES string of the molecule is COc1cc(-n2cccn2)ccc1S(=O)(=O)c1ccc(CNC(=O)c2ccc3nccn3c2)cc1.COc1ccc(C(C)=O)cc1S(=O)(=O)c1ccc(CNC(=O)c2ccc3nccn3c2)cc1. The first-order valence-electron chi connectivity index (χ1n) is 20.7. The van der Waals surface area contributed by atoms with Crippen molar-refractivity contribution in [3.05, 3.63) is 193 Å². The van der Waals surface area contributed by atoms with Crippen LogP contribution >= 0.6 is 0 Å². The summed E-state index contributed by atoms with van der Waals surface area (Å²) in [6.07, 6.45) is 13.6. The molecule has 0 saturated carbocycles. The van der Waals surface area contributed by atoms with Gasteiger partial charge in [-0.2, -0.15) is 5.10 Å². The Morgan fingerprint density at radius 2 is 1.07 bits per heavy atom. The average Bonchev–Trinajstić information content (AvgIpc) is 4.18. The highest BCUT2D eigenvalue weighted by atomic mass is 32.2. The first kappa shape index (κ1) is 46.1. The molecule has 0 atom stereocenters. The summed E-state index contributed by atoms with van der Waals surface area (Å²) in [5.74, 6) is -0.352. The van der Waals surface area contributed by atoms with Crippen molar-refractivity contribution >= 4 is 48.6 Å². The Bertz CT molecular complexity index is 3530. The highest BCUT2D eigenvalue weighted by Crippen LogP contribution is 2.32. The predicted molar refractivity (Wildman–Crippen MR) is 250 cm³/mol. The molecule has 0 aliphatic carbocycles. The van der Waals surface area contributed by atoms with Gasteiger partial charge in [0.2, 0.25) is 19.7 Å². The third-order valence-corrected chi connectivity index (χ3v) is 14.3. The third-order valence-electron chi connectivity index (χ3n) is 10.7. The molecule has 0 bridgehead atoms. The van der Waals surface area contributed by atoms with Gasteiger partial charge in [-0.3, -0.25) is 14.4 Å². The number of hydrogen-bond donors (Lipinski definition) is 2. The van der Waals surface area contributed by atoms with Crippen molar-refractivity contribution in [2.75, 3.05) is 14.2 Å². The maximum atomic E-state index is 13.3. The average molecular weight is 951 g/mol. The zero-order chi connectivity index (χ0) is 48.0. The highest BCUT2D eigenvalue weighted by molar-refractivity contribution is 7.92. The second kappa shape index (κ2) is 19.6. The first-order valence-corrected chi connectivity index (χ1v) is 23.7. The number of hydrogen-bond acceptors (Lipinski definition) is 12. The van der Waals surface area contributed by atoms with Gasteiger partial charge in [-0.15, -0.1) is 0 Å². The summed E-state index contributed by atoms with van der Waals surface area (Å²) in [4.78, 5) is 45.2. The van der Waals surface area contributed by atoms with Gasteiger partial charge in [0.15, 0.2) is 5.78 Å². The monoisotopic (exact) mass is 950 g/mol. The lowest BCUT2D eigenvalue weighted by Gasteiger charge is -2.12. The van der Waals surface area contributed by atoms with E-state index < -0.39 is 19.7 Å². The number of Topliss-reactive ketones (excluding diaryl/α,β-unsaturated/α-hetero) is 1. The van der Waals surface area contributed by atoms with Crippen LogP contribution in [0, 0.1) is 0 Å². The van der Waals surface area contributed by atoms with Gasteiger partial charge < -0.3 is 28.9 Å². The fourth-order valence-electron chi connectivity index (χ4n) is 7.05. The van der Waals surface area contributed by atoms with E-state index in [1.807, 2.05) is 0 Å². The van der Waals surface area contributed by atoms with Crippen LogP contribution in [-0.2, 0) is 32.8 Å². The summed E-state index contributed by atoms with van der Waals surface area (Å²) >= 11 is 0. The predicted octanol–water partition coefficient (Wildman–Crippen LogP) is 6.60. The van der Waals surface area contributed by atoms with E-state index in [9.17, 15) is 31.2 Å². The Labute approximate surface area is 390 Å². The number of ether oxygens (including phenoxy) is 2. The van der Waals surface area contributed by atoms with Crippen molar-refractivity contribution in [1.82, 2.24) is 39.2 Å². The molecular weight excluding hydrogens is 909 g/mol. The molecule has 9 rings (SSSR count). The number of rotatable bonds is 14. The van der Waals surface area contributed by atoms with Crippen molar-refractivity contribution in [3.63, 3.8) is 0 Å². The van der Waals surface area contributed by atoms with Crippen LogP contribution in [-0.4, -0.2) is 77.2 Å². The molecule has 0 fully saturated rings. The number of sulfone groups is 2. The Balaban J connectivity index is 0.000000184. The third kappa shape index (κ3) is 9.88. The summed E-state index contributed by atoms with van der Waals surface area (Å²) in [6.45, 7) is 1.85. The molecule has 17 nitrogen and oxygen atoms in total. The lowest BCUT2D eigenvalue weighted by Crippen LogP contribution is -2.23. The minimum Gasteiger partial charge on any atom is -0.495 e. The first-order chi connectivity index (χ1) is 32.7. The number of fused-ring (bicyclic) bond motifs is 2. The number of aromatic nitrogens is 6. The van der Waals surface area contributed by atoms with E-state index >= 15 is 0 Å². The van der Waals surface area contributed by atoms with Crippen LogP contribution in [0.5, 0.6) is 11.5 Å². The molecule has 0 aliphatic heterocycles. The number of benzene rings is 4. The largest absolute Gasteiger partial charge is 0.495 e. The van der Waals surface area contributed by atoms with Crippen molar-refractivity contribution < 1.29 is 40.7 Å². The van der Waals surface area contributed by atoms with Gasteiger partial charge in [-0.1, -0.05) is 24.3 Å². The van der Waals surface area contributed by atoms with Crippen LogP contribution in [0.15, 0.2) is 184 Å². The van der Waals surface area contributed by atoms with Gasteiger partial charge in [0.1, 0.15) is 32.6 Å². The van der Waals surface area contributed by atoms with Crippen LogP contribution in [0.4, 0.5) is 0 Å². The molecule has 5 aromatic heterocycles. The Hall–Kier alpha value is -8.42. The highest BCUT2D eigenvalue weighted by Gasteiger charge is 2.25. The van der Waals surface area contributed by atoms with Gasteiger partial charge in [0.05, 0.1) is 40.8 Å². The minimum absolute atomic E-state index is 0.0575. The van der Waals surface area contributed by atoms with Crippen LogP contribution in [0.3, 0.4) is 0 Å². The number of carbonyl (C=O) groups excluding carboxylic acids is 3. The van der Waals surface area contributed by atoms with Gasteiger partial charge in [0, 0.05) is 74.3 Å². The molecule has 2 amide bonds. The molecule has 0 aliphatic rings. The van der Waals surface area contributed by atoms with Crippen LogP contribution < -0.4 is 20.1 Å². The van der Waals surface area contributed by atoms with Crippen LogP contribution in [0.25, 0.3) is 17.0 Å². The van der Waals surface area contributed by atoms with E-state index in [4.69, 9.17) is 9.47 Å². The molecule has 0 spiro atoms. The Kier molecular flexibility index (Phi) is 13.3. The molecule has 5 heterocycles. The molecule has 0 radical (unpaired) electrons. The van der Waals surface area contributed by atoms with E-state index in [1.54, 1.807) is 130 Å². The number of carbonyl (C=O) groups is 3. The summed E-state index contributed by atoms with van der Waals surface area (Å²) in [7, 11) is -4.94. The maximum absolute atomic E-state index is 13.3. The minimum atomic E-state index is -3.92. The summed E-state index contributed by atoms with van der Waals surface area (Å²) < 4.78 is 68.6. The number of ketones is 1. The summed E-state index contributed by atoms with van der Waals surface area (Å²) in [6, 6.07) is 30.4. The zero-order valence-electron chi connectivity index (χ0n) is 36.7. The Morgan fingerprint density at radius 1 is 0.559 bits per heavy atom. The van der Waals surface area contributed by atoms with E-state index in [-0.39, 0.29) is 67.3 Å². The standard InChI is InChI=1S/C25H21N5O4S.C24H21N3O5S/c1-34-22-15-20(30-13-2-11-28-30)6-9-23(22)35(32,33)21-7-3-18(4-8-21)16-27-25(31)19-5-10-24-26-12-14-29(24)17-19;1-16(28)18-5-9-21(32-2)22(13-18)33(30,31)20-7-3-17(4-8-20)14-26-24(29)19-6-10-23-25-11-12-27(23)15-19/h2-15,17H,16H2,1H3,(H,27,31);3-13,15H,14H2,1-2H3,(H,26,29). The lowest BCUT2D eigenvalue weighted by molar-refractivity contribution is 0.0942. The molecule has 0 unspecified atom stereocenters. The quantitative estimate of drug-likeness (QED) is 0.110. The molecule has 68 heavy (non-hydrogen) atoms. The van der Waals surface area contributed by atoms with Crippen molar-refractivity contribution in [1.29, 1.82) is 0 Å². The molecular formula is C49H42N8O9S2.